The quantitative estimate of drug-likeness (QED) is 0.658. The molecule has 0 spiro atoms. The minimum absolute atomic E-state index is 0.237. The number of anilines is 1. The number of benzene rings is 1. The van der Waals surface area contributed by atoms with E-state index < -0.39 is 0 Å². The maximum Gasteiger partial charge on any atom is 0.142 e. The summed E-state index contributed by atoms with van der Waals surface area (Å²) in [7, 11) is 0. The second-order valence-electron chi connectivity index (χ2n) is 6.80. The molecule has 1 aromatic carbocycles. The van der Waals surface area contributed by atoms with Crippen LogP contribution in [0.15, 0.2) is 29.2 Å². The van der Waals surface area contributed by atoms with Crippen molar-refractivity contribution in [1.82, 2.24) is 9.97 Å². The Bertz CT molecular complexity index is 967. The smallest absolute Gasteiger partial charge is 0.142 e. The SMILES string of the molecule is OC1CN(c2nc(CSc3ccc(Cl)cc3)nc3sc4c(c23)CCC4)C1. The molecule has 0 unspecified atom stereocenters. The second kappa shape index (κ2) is 6.68. The first-order valence-electron chi connectivity index (χ1n) is 8.80. The zero-order valence-corrected chi connectivity index (χ0v) is 16.5. The molecular weight excluding hydrogens is 386 g/mol. The Morgan fingerprint density at radius 3 is 2.77 bits per heavy atom. The van der Waals surface area contributed by atoms with Crippen molar-refractivity contribution in [3.05, 3.63) is 45.6 Å². The summed E-state index contributed by atoms with van der Waals surface area (Å²) in [4.78, 5) is 15.7. The van der Waals surface area contributed by atoms with E-state index in [0.717, 1.165) is 45.0 Å². The van der Waals surface area contributed by atoms with Crippen LogP contribution in [0.3, 0.4) is 0 Å². The summed E-state index contributed by atoms with van der Waals surface area (Å²) >= 11 is 9.51. The third-order valence-corrected chi connectivity index (χ3v) is 7.38. The van der Waals surface area contributed by atoms with E-state index in [2.05, 4.69) is 4.90 Å². The van der Waals surface area contributed by atoms with Crippen molar-refractivity contribution in [2.24, 2.45) is 0 Å². The maximum absolute atomic E-state index is 9.74. The van der Waals surface area contributed by atoms with E-state index in [-0.39, 0.29) is 6.10 Å². The highest BCUT2D eigenvalue weighted by Crippen LogP contribution is 2.41. The molecule has 4 nitrogen and oxygen atoms in total. The zero-order valence-electron chi connectivity index (χ0n) is 14.1. The van der Waals surface area contributed by atoms with Crippen LogP contribution in [0.5, 0.6) is 0 Å². The molecule has 0 radical (unpaired) electrons. The summed E-state index contributed by atoms with van der Waals surface area (Å²) < 4.78 is 0. The number of thiophene rings is 1. The average Bonchev–Trinajstić information content (AvgIpc) is 3.18. The number of hydrogen-bond acceptors (Lipinski definition) is 6. The van der Waals surface area contributed by atoms with Crippen molar-refractivity contribution in [3.8, 4) is 0 Å². The van der Waals surface area contributed by atoms with E-state index in [1.807, 2.05) is 35.6 Å². The van der Waals surface area contributed by atoms with Gasteiger partial charge < -0.3 is 10.0 Å². The van der Waals surface area contributed by atoms with Crippen LogP contribution in [0.1, 0.15) is 22.7 Å². The van der Waals surface area contributed by atoms with Crippen LogP contribution in [0.2, 0.25) is 5.02 Å². The molecule has 0 atom stereocenters. The number of fused-ring (bicyclic) bond motifs is 3. The number of aryl methyl sites for hydroxylation is 2. The van der Waals surface area contributed by atoms with Crippen molar-refractivity contribution in [2.75, 3.05) is 18.0 Å². The largest absolute Gasteiger partial charge is 0.389 e. The van der Waals surface area contributed by atoms with Gasteiger partial charge in [-0.15, -0.1) is 23.1 Å². The topological polar surface area (TPSA) is 49.2 Å². The Balaban J connectivity index is 1.49. The van der Waals surface area contributed by atoms with Crippen LogP contribution in [-0.4, -0.2) is 34.3 Å². The number of halogens is 1. The van der Waals surface area contributed by atoms with Crippen LogP contribution in [0.4, 0.5) is 5.82 Å². The fourth-order valence-corrected chi connectivity index (χ4v) is 5.77. The molecule has 1 aliphatic heterocycles. The molecule has 0 saturated carbocycles. The Hall–Kier alpha value is -1.34. The fourth-order valence-electron chi connectivity index (χ4n) is 3.62. The highest BCUT2D eigenvalue weighted by atomic mass is 35.5. The summed E-state index contributed by atoms with van der Waals surface area (Å²) in [6, 6.07) is 7.87. The lowest BCUT2D eigenvalue weighted by Crippen LogP contribution is -2.51. The maximum atomic E-state index is 9.74. The molecule has 26 heavy (non-hydrogen) atoms. The van der Waals surface area contributed by atoms with Gasteiger partial charge in [0.05, 0.1) is 17.2 Å². The molecule has 134 valence electrons. The average molecular weight is 404 g/mol. The van der Waals surface area contributed by atoms with Gasteiger partial charge >= 0.3 is 0 Å². The fraction of sp³-hybridized carbons (Fsp3) is 0.368. The molecule has 1 saturated heterocycles. The first-order valence-corrected chi connectivity index (χ1v) is 11.0. The van der Waals surface area contributed by atoms with Gasteiger partial charge in [-0.2, -0.15) is 0 Å². The molecule has 1 fully saturated rings. The molecule has 0 amide bonds. The lowest BCUT2D eigenvalue weighted by molar-refractivity contribution is 0.141. The Kier molecular flexibility index (Phi) is 4.32. The molecule has 5 rings (SSSR count). The number of aliphatic hydroxyl groups is 1. The summed E-state index contributed by atoms with van der Waals surface area (Å²) in [5.41, 5.74) is 1.44. The molecule has 3 aromatic rings. The summed E-state index contributed by atoms with van der Waals surface area (Å²) in [6.45, 7) is 1.33. The van der Waals surface area contributed by atoms with Crippen LogP contribution in [-0.2, 0) is 18.6 Å². The minimum atomic E-state index is -0.237. The number of aromatic nitrogens is 2. The van der Waals surface area contributed by atoms with E-state index in [0.29, 0.717) is 13.1 Å². The van der Waals surface area contributed by atoms with Gasteiger partial charge in [-0.3, -0.25) is 0 Å². The molecule has 3 heterocycles. The van der Waals surface area contributed by atoms with Gasteiger partial charge in [0.15, 0.2) is 0 Å². The number of rotatable bonds is 4. The third kappa shape index (κ3) is 2.99. The van der Waals surface area contributed by atoms with E-state index in [9.17, 15) is 5.11 Å². The molecular formula is C19H18ClN3OS2. The van der Waals surface area contributed by atoms with E-state index >= 15 is 0 Å². The number of aliphatic hydroxyl groups excluding tert-OH is 1. The zero-order chi connectivity index (χ0) is 17.7. The van der Waals surface area contributed by atoms with Gasteiger partial charge in [0.1, 0.15) is 16.5 Å². The number of hydrogen-bond donors (Lipinski definition) is 1. The predicted molar refractivity (Wildman–Crippen MR) is 109 cm³/mol. The monoisotopic (exact) mass is 403 g/mol. The van der Waals surface area contributed by atoms with Crippen LogP contribution >= 0.6 is 34.7 Å². The molecule has 2 aliphatic rings. The second-order valence-corrected chi connectivity index (χ2v) is 9.37. The number of β-amino-alcohol motifs (C(OH)–C–C–N with tert-alkyl or cyclic N) is 1. The van der Waals surface area contributed by atoms with E-state index in [1.165, 1.54) is 22.2 Å². The molecule has 0 bridgehead atoms. The van der Waals surface area contributed by atoms with E-state index in [1.54, 1.807) is 11.8 Å². The number of nitrogens with zero attached hydrogens (tertiary/aromatic N) is 3. The molecule has 1 N–H and O–H groups in total. The van der Waals surface area contributed by atoms with Gasteiger partial charge in [0, 0.05) is 27.9 Å². The third-order valence-electron chi connectivity index (χ3n) is 4.94. The van der Waals surface area contributed by atoms with Gasteiger partial charge in [0.2, 0.25) is 0 Å². The lowest BCUT2D eigenvalue weighted by atomic mass is 10.1. The van der Waals surface area contributed by atoms with Gasteiger partial charge in [-0.05, 0) is 49.1 Å². The standard InChI is InChI=1S/C19H18ClN3OS2/c20-11-4-6-13(7-5-11)25-10-16-21-18(23-8-12(24)9-23)17-14-2-1-3-15(14)26-19(17)22-16/h4-7,12,24H,1-3,8-10H2. The first-order chi connectivity index (χ1) is 12.7. The van der Waals surface area contributed by atoms with Crippen molar-refractivity contribution in [2.45, 2.75) is 36.0 Å². The van der Waals surface area contributed by atoms with Crippen molar-refractivity contribution < 1.29 is 5.11 Å². The first kappa shape index (κ1) is 16.8. The molecule has 2 aromatic heterocycles. The Labute approximate surface area is 165 Å². The Morgan fingerprint density at radius 1 is 1.19 bits per heavy atom. The highest BCUT2D eigenvalue weighted by molar-refractivity contribution is 7.98. The van der Waals surface area contributed by atoms with Gasteiger partial charge in [-0.1, -0.05) is 11.6 Å². The lowest BCUT2D eigenvalue weighted by Gasteiger charge is -2.37. The molecule has 1 aliphatic carbocycles. The van der Waals surface area contributed by atoms with E-state index in [4.69, 9.17) is 21.6 Å². The minimum Gasteiger partial charge on any atom is -0.389 e. The predicted octanol–water partition coefficient (Wildman–Crippen LogP) is 4.31. The van der Waals surface area contributed by atoms with Gasteiger partial charge in [0.25, 0.3) is 0 Å². The summed E-state index contributed by atoms with van der Waals surface area (Å²) in [5, 5.41) is 11.7. The molecule has 7 heteroatoms. The normalized spacial score (nSPS) is 16.9. The van der Waals surface area contributed by atoms with Crippen LogP contribution in [0, 0.1) is 0 Å². The Morgan fingerprint density at radius 2 is 2.00 bits per heavy atom. The highest BCUT2D eigenvalue weighted by Gasteiger charge is 2.31. The van der Waals surface area contributed by atoms with Gasteiger partial charge in [-0.25, -0.2) is 9.97 Å². The van der Waals surface area contributed by atoms with Crippen molar-refractivity contribution >= 4 is 50.7 Å². The van der Waals surface area contributed by atoms with Crippen molar-refractivity contribution in [1.29, 1.82) is 0 Å². The summed E-state index contributed by atoms with van der Waals surface area (Å²) in [6.07, 6.45) is 3.28. The van der Waals surface area contributed by atoms with Crippen LogP contribution < -0.4 is 4.90 Å². The van der Waals surface area contributed by atoms with Crippen LogP contribution in [0.25, 0.3) is 10.2 Å². The number of thioether (sulfide) groups is 1. The summed E-state index contributed by atoms with van der Waals surface area (Å²) in [5.74, 6) is 2.60. The van der Waals surface area contributed by atoms with Crippen molar-refractivity contribution in [3.63, 3.8) is 0 Å².